The van der Waals surface area contributed by atoms with Crippen LogP contribution in [0.2, 0.25) is 10.0 Å². The van der Waals surface area contributed by atoms with Crippen molar-refractivity contribution < 1.29 is 4.79 Å². The molecule has 5 heteroatoms. The van der Waals surface area contributed by atoms with E-state index in [9.17, 15) is 4.79 Å². The third-order valence-corrected chi connectivity index (χ3v) is 4.12. The van der Waals surface area contributed by atoms with Gasteiger partial charge in [0.05, 0.1) is 22.3 Å². The van der Waals surface area contributed by atoms with Crippen LogP contribution in [-0.4, -0.2) is 10.9 Å². The molecule has 2 aromatic carbocycles. The number of carbonyl (C=O) groups is 1. The number of pyridine rings is 1. The second-order valence-corrected chi connectivity index (χ2v) is 6.04. The van der Waals surface area contributed by atoms with Crippen LogP contribution in [0.25, 0.3) is 0 Å². The number of halogens is 2. The predicted octanol–water partition coefficient (Wildman–Crippen LogP) is 4.91. The third kappa shape index (κ3) is 3.75. The van der Waals surface area contributed by atoms with Crippen LogP contribution >= 0.6 is 23.2 Å². The van der Waals surface area contributed by atoms with Gasteiger partial charge in [0.15, 0.2) is 0 Å². The van der Waals surface area contributed by atoms with E-state index in [4.69, 9.17) is 23.2 Å². The van der Waals surface area contributed by atoms with Crippen molar-refractivity contribution in [3.05, 3.63) is 99.8 Å². The fraction of sp³-hybridized carbons (Fsp3) is 0.0526. The second kappa shape index (κ2) is 7.47. The Bertz CT molecular complexity index is 799. The first-order chi connectivity index (χ1) is 11.6. The minimum atomic E-state index is -0.369. The average Bonchev–Trinajstić information content (AvgIpc) is 2.61. The summed E-state index contributed by atoms with van der Waals surface area (Å²) in [5, 5.41) is 3.80. The molecule has 0 spiro atoms. The number of rotatable bonds is 4. The first-order valence-corrected chi connectivity index (χ1v) is 8.12. The minimum absolute atomic E-state index is 0.281. The molecule has 1 unspecified atom stereocenters. The Kier molecular flexibility index (Phi) is 5.14. The molecule has 0 aliphatic carbocycles. The van der Waals surface area contributed by atoms with Gasteiger partial charge >= 0.3 is 0 Å². The minimum Gasteiger partial charge on any atom is -0.339 e. The summed E-state index contributed by atoms with van der Waals surface area (Å²) in [5.41, 5.74) is 2.06. The molecule has 1 aromatic heterocycles. The molecule has 0 saturated heterocycles. The quantitative estimate of drug-likeness (QED) is 0.721. The van der Waals surface area contributed by atoms with Crippen molar-refractivity contribution in [2.24, 2.45) is 0 Å². The maximum Gasteiger partial charge on any atom is 0.253 e. The van der Waals surface area contributed by atoms with Gasteiger partial charge in [-0.15, -0.1) is 0 Å². The van der Waals surface area contributed by atoms with Crippen molar-refractivity contribution in [1.82, 2.24) is 10.3 Å². The second-order valence-electron chi connectivity index (χ2n) is 5.20. The molecule has 24 heavy (non-hydrogen) atoms. The van der Waals surface area contributed by atoms with Gasteiger partial charge in [-0.1, -0.05) is 59.6 Å². The predicted molar refractivity (Wildman–Crippen MR) is 96.5 cm³/mol. The highest BCUT2D eigenvalue weighted by Gasteiger charge is 2.20. The van der Waals surface area contributed by atoms with Crippen molar-refractivity contribution in [3.63, 3.8) is 0 Å². The summed E-state index contributed by atoms with van der Waals surface area (Å²) in [5.74, 6) is -0.281. The van der Waals surface area contributed by atoms with Gasteiger partial charge in [0.25, 0.3) is 5.91 Å². The van der Waals surface area contributed by atoms with Gasteiger partial charge in [-0.2, -0.15) is 0 Å². The Labute approximate surface area is 150 Å². The van der Waals surface area contributed by atoms with Crippen LogP contribution in [0.1, 0.15) is 27.7 Å². The van der Waals surface area contributed by atoms with Gasteiger partial charge in [0.2, 0.25) is 0 Å². The van der Waals surface area contributed by atoms with Gasteiger partial charge in [0, 0.05) is 11.2 Å². The summed E-state index contributed by atoms with van der Waals surface area (Å²) >= 11 is 12.0. The molecule has 0 fully saturated rings. The van der Waals surface area contributed by atoms with E-state index in [0.29, 0.717) is 15.6 Å². The maximum atomic E-state index is 12.7. The normalized spacial score (nSPS) is 11.8. The molecule has 3 rings (SSSR count). The van der Waals surface area contributed by atoms with Gasteiger partial charge in [-0.25, -0.2) is 0 Å². The van der Waals surface area contributed by atoms with E-state index in [-0.39, 0.29) is 11.9 Å². The largest absolute Gasteiger partial charge is 0.339 e. The lowest BCUT2D eigenvalue weighted by Crippen LogP contribution is -2.30. The van der Waals surface area contributed by atoms with E-state index in [0.717, 1.165) is 11.3 Å². The highest BCUT2D eigenvalue weighted by molar-refractivity contribution is 6.36. The summed E-state index contributed by atoms with van der Waals surface area (Å²) in [7, 11) is 0. The number of carbonyl (C=O) groups excluding carboxylic acids is 1. The number of hydrogen-bond acceptors (Lipinski definition) is 2. The molecule has 120 valence electrons. The zero-order valence-electron chi connectivity index (χ0n) is 12.6. The lowest BCUT2D eigenvalue weighted by atomic mass is 10.0. The SMILES string of the molecule is O=C(NC(c1ccccc1)c1ccccn1)c1ccc(Cl)cc1Cl. The molecule has 0 radical (unpaired) electrons. The number of benzene rings is 2. The molecule has 1 amide bonds. The Morgan fingerprint density at radius 3 is 2.38 bits per heavy atom. The van der Waals surface area contributed by atoms with Crippen LogP contribution in [0.5, 0.6) is 0 Å². The van der Waals surface area contributed by atoms with E-state index < -0.39 is 0 Å². The molecule has 0 aliphatic heterocycles. The lowest BCUT2D eigenvalue weighted by molar-refractivity contribution is 0.0942. The van der Waals surface area contributed by atoms with E-state index in [1.165, 1.54) is 0 Å². The smallest absolute Gasteiger partial charge is 0.253 e. The number of aromatic nitrogens is 1. The third-order valence-electron chi connectivity index (χ3n) is 3.57. The average molecular weight is 357 g/mol. The standard InChI is InChI=1S/C19H14Cl2N2O/c20-14-9-10-15(16(21)12-14)19(24)23-18(13-6-2-1-3-7-13)17-8-4-5-11-22-17/h1-12,18H,(H,23,24). The Morgan fingerprint density at radius 2 is 1.71 bits per heavy atom. The van der Waals surface area contributed by atoms with E-state index in [2.05, 4.69) is 10.3 Å². The highest BCUT2D eigenvalue weighted by atomic mass is 35.5. The molecule has 3 aromatic rings. The van der Waals surface area contributed by atoms with Crippen molar-refractivity contribution >= 4 is 29.1 Å². The van der Waals surface area contributed by atoms with Crippen molar-refractivity contribution in [2.75, 3.05) is 0 Å². The Morgan fingerprint density at radius 1 is 0.958 bits per heavy atom. The van der Waals surface area contributed by atoms with Crippen LogP contribution in [0.15, 0.2) is 72.9 Å². The molecule has 3 nitrogen and oxygen atoms in total. The first kappa shape index (κ1) is 16.5. The summed E-state index contributed by atoms with van der Waals surface area (Å²) in [4.78, 5) is 17.0. The topological polar surface area (TPSA) is 42.0 Å². The molecule has 0 aliphatic rings. The fourth-order valence-electron chi connectivity index (χ4n) is 2.40. The van der Waals surface area contributed by atoms with Gasteiger partial charge in [0.1, 0.15) is 0 Å². The van der Waals surface area contributed by atoms with E-state index >= 15 is 0 Å². The molecule has 0 saturated carbocycles. The number of hydrogen-bond donors (Lipinski definition) is 1. The number of amides is 1. The van der Waals surface area contributed by atoms with Crippen LogP contribution in [0.4, 0.5) is 0 Å². The molecule has 0 bridgehead atoms. The van der Waals surface area contributed by atoms with Crippen LogP contribution < -0.4 is 5.32 Å². The Hall–Kier alpha value is -2.36. The zero-order chi connectivity index (χ0) is 16.9. The molecular formula is C19H14Cl2N2O. The van der Waals surface area contributed by atoms with Gasteiger partial charge < -0.3 is 5.32 Å². The van der Waals surface area contributed by atoms with Crippen LogP contribution in [0.3, 0.4) is 0 Å². The van der Waals surface area contributed by atoms with E-state index in [1.54, 1.807) is 24.4 Å². The van der Waals surface area contributed by atoms with Crippen LogP contribution in [0, 0.1) is 0 Å². The molecular weight excluding hydrogens is 343 g/mol. The summed E-state index contributed by atoms with van der Waals surface area (Å²) in [6.45, 7) is 0. The Balaban J connectivity index is 1.94. The van der Waals surface area contributed by atoms with Crippen molar-refractivity contribution in [1.29, 1.82) is 0 Å². The highest BCUT2D eigenvalue weighted by Crippen LogP contribution is 2.24. The van der Waals surface area contributed by atoms with E-state index in [1.807, 2.05) is 48.5 Å². The molecule has 1 atom stereocenters. The number of nitrogens with zero attached hydrogens (tertiary/aromatic N) is 1. The molecule has 1 heterocycles. The lowest BCUT2D eigenvalue weighted by Gasteiger charge is -2.19. The monoisotopic (exact) mass is 356 g/mol. The maximum absolute atomic E-state index is 12.7. The summed E-state index contributed by atoms with van der Waals surface area (Å²) < 4.78 is 0. The zero-order valence-corrected chi connectivity index (χ0v) is 14.1. The fourth-order valence-corrected chi connectivity index (χ4v) is 2.90. The van der Waals surface area contributed by atoms with Crippen LogP contribution in [-0.2, 0) is 0 Å². The van der Waals surface area contributed by atoms with Gasteiger partial charge in [-0.05, 0) is 35.9 Å². The first-order valence-electron chi connectivity index (χ1n) is 7.37. The number of nitrogens with one attached hydrogen (secondary N) is 1. The summed E-state index contributed by atoms with van der Waals surface area (Å²) in [6, 6.07) is 19.7. The van der Waals surface area contributed by atoms with Gasteiger partial charge in [-0.3, -0.25) is 9.78 Å². The molecule has 1 N–H and O–H groups in total. The van der Waals surface area contributed by atoms with Crippen molar-refractivity contribution in [3.8, 4) is 0 Å². The summed E-state index contributed by atoms with van der Waals surface area (Å²) in [6.07, 6.45) is 1.70. The van der Waals surface area contributed by atoms with Crippen molar-refractivity contribution in [2.45, 2.75) is 6.04 Å².